The normalized spacial score (nSPS) is 12.9. The van der Waals surface area contributed by atoms with Crippen LogP contribution in [-0.4, -0.2) is 26.8 Å². The van der Waals surface area contributed by atoms with E-state index in [0.717, 1.165) is 31.7 Å². The Morgan fingerprint density at radius 2 is 2.00 bits per heavy atom. The first-order valence-electron chi connectivity index (χ1n) is 7.17. The number of benzene rings is 1. The molecule has 0 heterocycles. The van der Waals surface area contributed by atoms with Crippen LogP contribution in [0.25, 0.3) is 0 Å². The molecule has 0 aliphatic heterocycles. The molecular formula is C16H25Cl2NO. The molecule has 0 spiro atoms. The van der Waals surface area contributed by atoms with Gasteiger partial charge in [0.2, 0.25) is 0 Å². The fraction of sp³-hybridized carbons (Fsp3) is 0.625. The van der Waals surface area contributed by atoms with Gasteiger partial charge in [-0.15, -0.1) is 0 Å². The average Bonchev–Trinajstić information content (AvgIpc) is 2.39. The van der Waals surface area contributed by atoms with Crippen molar-refractivity contribution in [1.82, 2.24) is 5.32 Å². The summed E-state index contributed by atoms with van der Waals surface area (Å²) in [5.41, 5.74) is 1.14. The quantitative estimate of drug-likeness (QED) is 0.680. The minimum Gasteiger partial charge on any atom is -0.383 e. The van der Waals surface area contributed by atoms with Crippen LogP contribution < -0.4 is 5.32 Å². The monoisotopic (exact) mass is 317 g/mol. The lowest BCUT2D eigenvalue weighted by molar-refractivity contribution is 0.197. The summed E-state index contributed by atoms with van der Waals surface area (Å²) >= 11 is 12.4. The summed E-state index contributed by atoms with van der Waals surface area (Å²) in [7, 11) is 1.72. The van der Waals surface area contributed by atoms with Crippen LogP contribution in [0.15, 0.2) is 18.2 Å². The molecular weight excluding hydrogens is 293 g/mol. The van der Waals surface area contributed by atoms with E-state index in [-0.39, 0.29) is 0 Å². The molecule has 0 amide bonds. The predicted octanol–water partition coefficient (Wildman–Crippen LogP) is 4.43. The highest BCUT2D eigenvalue weighted by Gasteiger charge is 2.14. The Bertz CT molecular complexity index is 396. The lowest BCUT2D eigenvalue weighted by Crippen LogP contribution is -2.28. The van der Waals surface area contributed by atoms with E-state index in [1.807, 2.05) is 12.1 Å². The first kappa shape index (κ1) is 17.8. The first-order chi connectivity index (χ1) is 9.54. The number of rotatable bonds is 9. The Kier molecular flexibility index (Phi) is 8.55. The molecule has 0 bridgehead atoms. The van der Waals surface area contributed by atoms with Gasteiger partial charge in [-0.3, -0.25) is 0 Å². The number of methoxy groups -OCH3 is 1. The van der Waals surface area contributed by atoms with E-state index in [2.05, 4.69) is 25.2 Å². The van der Waals surface area contributed by atoms with Gasteiger partial charge in [-0.25, -0.2) is 0 Å². The minimum absolute atomic E-state index is 0.558. The number of ether oxygens (including phenoxy) is 1. The molecule has 2 nitrogen and oxygen atoms in total. The molecule has 0 saturated carbocycles. The van der Waals surface area contributed by atoms with Crippen LogP contribution >= 0.6 is 23.2 Å². The molecule has 0 saturated heterocycles. The molecule has 0 radical (unpaired) electrons. The van der Waals surface area contributed by atoms with Crippen molar-refractivity contribution in [2.45, 2.75) is 26.7 Å². The highest BCUT2D eigenvalue weighted by atomic mass is 35.5. The van der Waals surface area contributed by atoms with Gasteiger partial charge in [0.15, 0.2) is 0 Å². The van der Waals surface area contributed by atoms with Crippen molar-refractivity contribution in [3.63, 3.8) is 0 Å². The summed E-state index contributed by atoms with van der Waals surface area (Å²) < 4.78 is 5.06. The van der Waals surface area contributed by atoms with Crippen LogP contribution in [0.4, 0.5) is 0 Å². The molecule has 0 aliphatic carbocycles. The molecule has 1 aromatic carbocycles. The van der Waals surface area contributed by atoms with E-state index >= 15 is 0 Å². The zero-order valence-electron chi connectivity index (χ0n) is 12.6. The van der Waals surface area contributed by atoms with Crippen molar-refractivity contribution in [1.29, 1.82) is 0 Å². The summed E-state index contributed by atoms with van der Waals surface area (Å²) in [6.07, 6.45) is 2.13. The number of nitrogens with one attached hydrogen (secondary N) is 1. The molecule has 0 aliphatic rings. The fourth-order valence-electron chi connectivity index (χ4n) is 2.40. The summed E-state index contributed by atoms with van der Waals surface area (Å²) in [5.74, 6) is 1.23. The maximum absolute atomic E-state index is 6.29. The van der Waals surface area contributed by atoms with Crippen LogP contribution in [0.3, 0.4) is 0 Å². The van der Waals surface area contributed by atoms with E-state index in [1.165, 1.54) is 6.42 Å². The molecule has 4 heteroatoms. The average molecular weight is 318 g/mol. The smallest absolute Gasteiger partial charge is 0.0624 e. The van der Waals surface area contributed by atoms with Gasteiger partial charge in [0.05, 0.1) is 16.7 Å². The topological polar surface area (TPSA) is 21.3 Å². The second-order valence-electron chi connectivity index (χ2n) is 5.61. The van der Waals surface area contributed by atoms with Gasteiger partial charge in [-0.1, -0.05) is 49.2 Å². The molecule has 1 atom stereocenters. The van der Waals surface area contributed by atoms with Crippen molar-refractivity contribution >= 4 is 23.2 Å². The predicted molar refractivity (Wildman–Crippen MR) is 87.9 cm³/mol. The third kappa shape index (κ3) is 6.45. The van der Waals surface area contributed by atoms with Crippen molar-refractivity contribution in [2.24, 2.45) is 11.8 Å². The van der Waals surface area contributed by atoms with Crippen LogP contribution in [-0.2, 0) is 11.2 Å². The van der Waals surface area contributed by atoms with Crippen LogP contribution in [0.2, 0.25) is 10.0 Å². The zero-order chi connectivity index (χ0) is 15.0. The maximum Gasteiger partial charge on any atom is 0.0624 e. The highest BCUT2D eigenvalue weighted by Crippen LogP contribution is 2.28. The Morgan fingerprint density at radius 1 is 1.25 bits per heavy atom. The molecule has 1 N–H and O–H groups in total. The molecule has 1 aromatic rings. The first-order valence-corrected chi connectivity index (χ1v) is 7.92. The molecule has 20 heavy (non-hydrogen) atoms. The fourth-order valence-corrected chi connectivity index (χ4v) is 2.80. The summed E-state index contributed by atoms with van der Waals surface area (Å²) in [6, 6.07) is 5.87. The molecule has 0 fully saturated rings. The summed E-state index contributed by atoms with van der Waals surface area (Å²) in [4.78, 5) is 0. The Hall–Kier alpha value is -0.280. The molecule has 114 valence electrons. The Labute approximate surface area is 132 Å². The Balaban J connectivity index is 2.61. The van der Waals surface area contributed by atoms with Crippen LogP contribution in [0, 0.1) is 11.8 Å². The number of hydrogen-bond donors (Lipinski definition) is 1. The number of halogens is 2. The van der Waals surface area contributed by atoms with Gasteiger partial charge >= 0.3 is 0 Å². The van der Waals surface area contributed by atoms with Crippen LogP contribution in [0.5, 0.6) is 0 Å². The largest absolute Gasteiger partial charge is 0.383 e. The van der Waals surface area contributed by atoms with E-state index in [9.17, 15) is 0 Å². The van der Waals surface area contributed by atoms with Crippen molar-refractivity contribution in [2.75, 3.05) is 26.8 Å². The van der Waals surface area contributed by atoms with E-state index in [0.29, 0.717) is 21.9 Å². The summed E-state index contributed by atoms with van der Waals surface area (Å²) in [6.45, 7) is 7.11. The lowest BCUT2D eigenvalue weighted by Gasteiger charge is -2.20. The van der Waals surface area contributed by atoms with Gasteiger partial charge in [-0.2, -0.15) is 0 Å². The van der Waals surface area contributed by atoms with E-state index in [1.54, 1.807) is 7.11 Å². The Morgan fingerprint density at radius 3 is 2.65 bits per heavy atom. The van der Waals surface area contributed by atoms with Gasteiger partial charge in [0, 0.05) is 13.7 Å². The van der Waals surface area contributed by atoms with Gasteiger partial charge in [-0.05, 0) is 42.9 Å². The van der Waals surface area contributed by atoms with Crippen molar-refractivity contribution in [3.8, 4) is 0 Å². The van der Waals surface area contributed by atoms with Crippen molar-refractivity contribution < 1.29 is 4.74 Å². The highest BCUT2D eigenvalue weighted by molar-refractivity contribution is 6.42. The van der Waals surface area contributed by atoms with Gasteiger partial charge < -0.3 is 10.1 Å². The van der Waals surface area contributed by atoms with Crippen molar-refractivity contribution in [3.05, 3.63) is 33.8 Å². The summed E-state index contributed by atoms with van der Waals surface area (Å²) in [5, 5.41) is 4.78. The zero-order valence-corrected chi connectivity index (χ0v) is 14.1. The second-order valence-corrected chi connectivity index (χ2v) is 6.39. The standard InChI is InChI=1S/C16H25Cl2NO/c1-12(2)9-13(11-19-7-8-20-3)10-14-5-4-6-15(17)16(14)18/h4-6,12-13,19H,7-11H2,1-3H3. The van der Waals surface area contributed by atoms with E-state index in [4.69, 9.17) is 27.9 Å². The third-order valence-electron chi connectivity index (χ3n) is 3.26. The van der Waals surface area contributed by atoms with E-state index < -0.39 is 0 Å². The molecule has 1 unspecified atom stereocenters. The van der Waals surface area contributed by atoms with Gasteiger partial charge in [0.1, 0.15) is 0 Å². The third-order valence-corrected chi connectivity index (χ3v) is 4.12. The SMILES string of the molecule is COCCNCC(Cc1cccc(Cl)c1Cl)CC(C)C. The number of hydrogen-bond acceptors (Lipinski definition) is 2. The molecule has 1 rings (SSSR count). The molecule has 0 aromatic heterocycles. The maximum atomic E-state index is 6.29. The lowest BCUT2D eigenvalue weighted by atomic mass is 9.91. The second kappa shape index (κ2) is 9.62. The van der Waals surface area contributed by atoms with Gasteiger partial charge in [0.25, 0.3) is 0 Å². The minimum atomic E-state index is 0.558. The van der Waals surface area contributed by atoms with Crippen LogP contribution in [0.1, 0.15) is 25.8 Å².